The molecule has 0 aliphatic heterocycles. The highest BCUT2D eigenvalue weighted by atomic mass is 16.7. The second kappa shape index (κ2) is 9.23. The van der Waals surface area contributed by atoms with Crippen molar-refractivity contribution in [2.75, 3.05) is 21.0 Å². The van der Waals surface area contributed by atoms with E-state index < -0.39 is 0 Å². The zero-order valence-corrected chi connectivity index (χ0v) is 17.7. The molecule has 1 fully saturated rings. The Kier molecular flexibility index (Phi) is 6.95. The number of benzene rings is 1. The van der Waals surface area contributed by atoms with Gasteiger partial charge in [0.15, 0.2) is 5.78 Å². The van der Waals surface area contributed by atoms with Gasteiger partial charge in [0.25, 0.3) is 0 Å². The van der Waals surface area contributed by atoms with Gasteiger partial charge in [-0.15, -0.1) is 0 Å². The molecule has 0 N–H and O–H groups in total. The Morgan fingerprint density at radius 1 is 1.18 bits per heavy atom. The summed E-state index contributed by atoms with van der Waals surface area (Å²) in [5.41, 5.74) is 2.67. The van der Waals surface area contributed by atoms with Gasteiger partial charge in [0, 0.05) is 13.0 Å². The van der Waals surface area contributed by atoms with E-state index in [-0.39, 0.29) is 17.4 Å². The molecular weight excluding hydrogens is 352 g/mol. The Labute approximate surface area is 169 Å². The van der Waals surface area contributed by atoms with Gasteiger partial charge in [-0.1, -0.05) is 24.6 Å². The molecule has 1 saturated carbocycles. The lowest BCUT2D eigenvalue weighted by Gasteiger charge is -2.50. The highest BCUT2D eigenvalue weighted by Crippen LogP contribution is 2.52. The minimum atomic E-state index is 0.0882. The first kappa shape index (κ1) is 21.1. The molecule has 0 spiro atoms. The van der Waals surface area contributed by atoms with Crippen LogP contribution in [0.2, 0.25) is 0 Å². The lowest BCUT2D eigenvalue weighted by Crippen LogP contribution is -2.47. The number of ether oxygens (including phenoxy) is 3. The van der Waals surface area contributed by atoms with Crippen molar-refractivity contribution in [3.05, 3.63) is 41.5 Å². The quantitative estimate of drug-likeness (QED) is 0.593. The lowest BCUT2D eigenvalue weighted by atomic mass is 9.56. The van der Waals surface area contributed by atoms with Gasteiger partial charge in [0.1, 0.15) is 12.5 Å². The first-order valence-electron chi connectivity index (χ1n) is 10.4. The molecule has 154 valence electrons. The highest BCUT2D eigenvalue weighted by molar-refractivity contribution is 5.93. The molecule has 1 aromatic rings. The van der Waals surface area contributed by atoms with E-state index in [1.165, 1.54) is 11.1 Å². The summed E-state index contributed by atoms with van der Waals surface area (Å²) in [5.74, 6) is 1.70. The van der Waals surface area contributed by atoms with Crippen LogP contribution in [0.15, 0.2) is 35.9 Å². The molecule has 0 saturated heterocycles. The fourth-order valence-corrected chi connectivity index (χ4v) is 5.21. The number of carbonyl (C=O) groups excluding carboxylic acids is 1. The van der Waals surface area contributed by atoms with Crippen molar-refractivity contribution in [2.24, 2.45) is 17.3 Å². The molecule has 2 aliphatic carbocycles. The maximum Gasteiger partial charge on any atom is 0.159 e. The van der Waals surface area contributed by atoms with Gasteiger partial charge < -0.3 is 14.2 Å². The number of hydrogen-bond donors (Lipinski definition) is 0. The molecule has 0 unspecified atom stereocenters. The third kappa shape index (κ3) is 4.84. The van der Waals surface area contributed by atoms with E-state index >= 15 is 0 Å². The molecule has 0 bridgehead atoms. The molecule has 3 rings (SSSR count). The molecule has 0 amide bonds. The third-order valence-corrected chi connectivity index (χ3v) is 6.68. The van der Waals surface area contributed by atoms with Crippen molar-refractivity contribution in [1.29, 1.82) is 0 Å². The number of allylic oxidation sites excluding steroid dienone is 2. The molecule has 0 heterocycles. The number of methoxy groups -OCH3 is 2. The number of hydrogen-bond acceptors (Lipinski definition) is 4. The maximum absolute atomic E-state index is 12.7. The van der Waals surface area contributed by atoms with Crippen molar-refractivity contribution in [2.45, 2.75) is 58.5 Å². The molecule has 4 atom stereocenters. The van der Waals surface area contributed by atoms with Crippen LogP contribution in [0.5, 0.6) is 5.75 Å². The van der Waals surface area contributed by atoms with Crippen LogP contribution in [0.3, 0.4) is 0 Å². The van der Waals surface area contributed by atoms with Crippen LogP contribution in [-0.2, 0) is 20.7 Å². The van der Waals surface area contributed by atoms with Crippen LogP contribution in [0.4, 0.5) is 0 Å². The number of fused-ring (bicyclic) bond motifs is 1. The topological polar surface area (TPSA) is 44.8 Å². The van der Waals surface area contributed by atoms with Crippen LogP contribution in [0.25, 0.3) is 0 Å². The Hall–Kier alpha value is -1.65. The van der Waals surface area contributed by atoms with Crippen LogP contribution in [0.1, 0.15) is 51.5 Å². The Balaban J connectivity index is 1.69. The molecule has 0 aromatic heterocycles. The van der Waals surface area contributed by atoms with E-state index in [4.69, 9.17) is 14.2 Å². The predicted molar refractivity (Wildman–Crippen MR) is 110 cm³/mol. The summed E-state index contributed by atoms with van der Waals surface area (Å²) >= 11 is 0. The van der Waals surface area contributed by atoms with Gasteiger partial charge in [-0.3, -0.25) is 4.79 Å². The number of carbonyl (C=O) groups is 1. The van der Waals surface area contributed by atoms with E-state index in [0.717, 1.165) is 44.3 Å². The molecule has 2 aliphatic rings. The van der Waals surface area contributed by atoms with E-state index in [0.29, 0.717) is 18.5 Å². The molecule has 4 nitrogen and oxygen atoms in total. The van der Waals surface area contributed by atoms with E-state index in [9.17, 15) is 4.79 Å². The summed E-state index contributed by atoms with van der Waals surface area (Å²) < 4.78 is 16.3. The van der Waals surface area contributed by atoms with Crippen molar-refractivity contribution >= 4 is 5.78 Å². The fraction of sp³-hybridized carbons (Fsp3) is 0.625. The first-order chi connectivity index (χ1) is 13.4. The van der Waals surface area contributed by atoms with Gasteiger partial charge in [-0.2, -0.15) is 0 Å². The Morgan fingerprint density at radius 2 is 1.93 bits per heavy atom. The Bertz CT molecular complexity index is 693. The van der Waals surface area contributed by atoms with Gasteiger partial charge in [-0.25, -0.2) is 0 Å². The number of rotatable bonds is 8. The van der Waals surface area contributed by atoms with E-state index in [1.54, 1.807) is 14.2 Å². The smallest absolute Gasteiger partial charge is 0.159 e. The summed E-state index contributed by atoms with van der Waals surface area (Å²) in [6, 6.07) is 8.34. The number of aryl methyl sites for hydroxylation is 1. The normalized spacial score (nSPS) is 29.9. The van der Waals surface area contributed by atoms with Crippen molar-refractivity contribution in [3.8, 4) is 5.75 Å². The molecule has 4 heteroatoms. The second-order valence-corrected chi connectivity index (χ2v) is 8.80. The van der Waals surface area contributed by atoms with Crippen molar-refractivity contribution < 1.29 is 19.0 Å². The van der Waals surface area contributed by atoms with Crippen LogP contribution >= 0.6 is 0 Å². The lowest BCUT2D eigenvalue weighted by molar-refractivity contribution is -0.143. The van der Waals surface area contributed by atoms with Crippen molar-refractivity contribution in [1.82, 2.24) is 0 Å². The minimum absolute atomic E-state index is 0.0882. The zero-order valence-electron chi connectivity index (χ0n) is 17.7. The Morgan fingerprint density at radius 3 is 2.61 bits per heavy atom. The third-order valence-electron chi connectivity index (χ3n) is 6.68. The summed E-state index contributed by atoms with van der Waals surface area (Å²) in [6.45, 7) is 4.76. The SMILES string of the molecule is COCO[C@@H]1C[C@@H]2C(=O)C=C(C)C[C@H]2[C@](C)(CCCc2ccc(OC)cc2)C1. The van der Waals surface area contributed by atoms with E-state index in [1.807, 2.05) is 18.2 Å². The molecule has 28 heavy (non-hydrogen) atoms. The summed E-state index contributed by atoms with van der Waals surface area (Å²) in [7, 11) is 3.34. The van der Waals surface area contributed by atoms with Crippen LogP contribution < -0.4 is 4.74 Å². The fourth-order valence-electron chi connectivity index (χ4n) is 5.21. The van der Waals surface area contributed by atoms with Crippen molar-refractivity contribution in [3.63, 3.8) is 0 Å². The van der Waals surface area contributed by atoms with Gasteiger partial charge in [0.05, 0.1) is 13.2 Å². The maximum atomic E-state index is 12.7. The minimum Gasteiger partial charge on any atom is -0.497 e. The highest BCUT2D eigenvalue weighted by Gasteiger charge is 2.48. The van der Waals surface area contributed by atoms with Crippen LogP contribution in [0, 0.1) is 17.3 Å². The molecular formula is C24H34O4. The summed E-state index contributed by atoms with van der Waals surface area (Å²) in [5, 5.41) is 0. The standard InChI is InChI=1S/C24H34O4/c1-17-12-22-21(23(25)13-17)14-20(28-16-26-3)15-24(22,2)11-5-6-18-7-9-19(27-4)10-8-18/h7-10,13,20-22H,5-6,11-12,14-16H2,1-4H3/t20-,21+,22-,24-/m1/s1. The largest absolute Gasteiger partial charge is 0.497 e. The predicted octanol–water partition coefficient (Wildman–Crippen LogP) is 4.96. The van der Waals surface area contributed by atoms with Gasteiger partial charge >= 0.3 is 0 Å². The summed E-state index contributed by atoms with van der Waals surface area (Å²) in [6.07, 6.45) is 8.08. The monoisotopic (exact) mass is 386 g/mol. The van der Waals surface area contributed by atoms with E-state index in [2.05, 4.69) is 26.0 Å². The van der Waals surface area contributed by atoms with Gasteiger partial charge in [-0.05, 0) is 80.6 Å². The molecule has 1 aromatic carbocycles. The first-order valence-corrected chi connectivity index (χ1v) is 10.4. The molecule has 0 radical (unpaired) electrons. The second-order valence-electron chi connectivity index (χ2n) is 8.80. The average Bonchev–Trinajstić information content (AvgIpc) is 2.68. The van der Waals surface area contributed by atoms with Gasteiger partial charge in [0.2, 0.25) is 0 Å². The number of ketones is 1. The summed E-state index contributed by atoms with van der Waals surface area (Å²) in [4.78, 5) is 12.7. The zero-order chi connectivity index (χ0) is 20.1. The average molecular weight is 387 g/mol. The van der Waals surface area contributed by atoms with Crippen LogP contribution in [-0.4, -0.2) is 32.9 Å².